The predicted molar refractivity (Wildman–Crippen MR) is 72.3 cm³/mol. The minimum absolute atomic E-state index is 0.550. The number of rotatable bonds is 1. The number of benzene rings is 1. The van der Waals surface area contributed by atoms with Crippen LogP contribution in [0, 0.1) is 6.92 Å². The van der Waals surface area contributed by atoms with Crippen molar-refractivity contribution in [2.75, 3.05) is 0 Å². The van der Waals surface area contributed by atoms with Gasteiger partial charge in [-0.15, -0.1) is 11.3 Å². The number of nitrogens with zero attached hydrogens (tertiary/aromatic N) is 1. The fourth-order valence-corrected chi connectivity index (χ4v) is 3.37. The van der Waals surface area contributed by atoms with Crippen molar-refractivity contribution >= 4 is 11.3 Å². The molecule has 3 rings (SSSR count). The molecule has 1 aromatic carbocycles. The van der Waals surface area contributed by atoms with Gasteiger partial charge < -0.3 is 5.32 Å². The lowest BCUT2D eigenvalue weighted by Gasteiger charge is -2.18. The van der Waals surface area contributed by atoms with Crippen LogP contribution in [-0.4, -0.2) is 11.0 Å². The summed E-state index contributed by atoms with van der Waals surface area (Å²) in [5.74, 6) is 0. The van der Waals surface area contributed by atoms with Crippen molar-refractivity contribution in [2.24, 2.45) is 0 Å². The van der Waals surface area contributed by atoms with Gasteiger partial charge in [0, 0.05) is 29.4 Å². The Morgan fingerprint density at radius 3 is 3.00 bits per heavy atom. The number of thiazole rings is 1. The van der Waals surface area contributed by atoms with E-state index in [1.54, 1.807) is 0 Å². The summed E-state index contributed by atoms with van der Waals surface area (Å²) in [4.78, 5) is 6.21. The molecular formula is C14H16N2S. The molecule has 0 saturated carbocycles. The van der Waals surface area contributed by atoms with Crippen molar-refractivity contribution in [1.29, 1.82) is 0 Å². The summed E-state index contributed by atoms with van der Waals surface area (Å²) in [5.41, 5.74) is 3.87. The van der Waals surface area contributed by atoms with E-state index in [1.807, 2.05) is 11.3 Å². The third-order valence-electron chi connectivity index (χ3n) is 3.26. The van der Waals surface area contributed by atoms with E-state index in [2.05, 4.69) is 43.4 Å². The number of aryl methyl sites for hydroxylation is 1. The molecule has 0 radical (unpaired) electrons. The molecule has 0 bridgehead atoms. The molecule has 0 saturated heterocycles. The molecule has 0 amide bonds. The maximum Gasteiger partial charge on any atom is 0.124 e. The molecule has 2 nitrogen and oxygen atoms in total. The van der Waals surface area contributed by atoms with Crippen LogP contribution in [0.2, 0.25) is 0 Å². The normalized spacial score (nSPS) is 19.1. The van der Waals surface area contributed by atoms with E-state index in [-0.39, 0.29) is 0 Å². The highest BCUT2D eigenvalue weighted by atomic mass is 32.1. The van der Waals surface area contributed by atoms with Gasteiger partial charge >= 0.3 is 0 Å². The van der Waals surface area contributed by atoms with Crippen LogP contribution in [0.5, 0.6) is 0 Å². The molecule has 3 heteroatoms. The van der Waals surface area contributed by atoms with Gasteiger partial charge in [-0.25, -0.2) is 4.98 Å². The van der Waals surface area contributed by atoms with E-state index < -0.39 is 0 Å². The predicted octanol–water partition coefficient (Wildman–Crippen LogP) is 3.15. The lowest BCUT2D eigenvalue weighted by Crippen LogP contribution is -2.32. The molecule has 1 aliphatic rings. The van der Waals surface area contributed by atoms with Gasteiger partial charge in [-0.05, 0) is 19.4 Å². The summed E-state index contributed by atoms with van der Waals surface area (Å²) in [6, 6.07) is 9.03. The zero-order valence-corrected chi connectivity index (χ0v) is 11.0. The Morgan fingerprint density at radius 1 is 1.35 bits per heavy atom. The SMILES string of the molecule is Cc1ccccc1-c1nc2c(s1)CNC(C)C2. The van der Waals surface area contributed by atoms with Crippen LogP contribution in [-0.2, 0) is 13.0 Å². The third kappa shape index (κ3) is 2.01. The quantitative estimate of drug-likeness (QED) is 0.833. The Kier molecular flexibility index (Phi) is 2.73. The van der Waals surface area contributed by atoms with E-state index in [4.69, 9.17) is 4.98 Å². The zero-order chi connectivity index (χ0) is 11.8. The van der Waals surface area contributed by atoms with Crippen LogP contribution in [0.1, 0.15) is 23.1 Å². The van der Waals surface area contributed by atoms with E-state index >= 15 is 0 Å². The van der Waals surface area contributed by atoms with E-state index in [0.29, 0.717) is 6.04 Å². The van der Waals surface area contributed by atoms with Crippen LogP contribution >= 0.6 is 11.3 Å². The second-order valence-corrected chi connectivity index (χ2v) is 5.77. The maximum atomic E-state index is 4.81. The summed E-state index contributed by atoms with van der Waals surface area (Å²) in [6.07, 6.45) is 1.05. The minimum Gasteiger partial charge on any atom is -0.309 e. The summed E-state index contributed by atoms with van der Waals surface area (Å²) in [5, 5.41) is 4.66. The first-order valence-corrected chi connectivity index (χ1v) is 6.83. The highest BCUT2D eigenvalue weighted by Gasteiger charge is 2.19. The van der Waals surface area contributed by atoms with Crippen LogP contribution in [0.3, 0.4) is 0 Å². The molecule has 0 fully saturated rings. The Hall–Kier alpha value is -1.19. The molecule has 0 aliphatic carbocycles. The van der Waals surface area contributed by atoms with Crippen LogP contribution in [0.4, 0.5) is 0 Å². The molecule has 2 heterocycles. The average molecular weight is 244 g/mol. The zero-order valence-electron chi connectivity index (χ0n) is 10.2. The number of aromatic nitrogens is 1. The molecule has 2 aromatic rings. The first-order chi connectivity index (χ1) is 8.24. The maximum absolute atomic E-state index is 4.81. The fourth-order valence-electron chi connectivity index (χ4n) is 2.24. The number of hydrogen-bond donors (Lipinski definition) is 1. The second kappa shape index (κ2) is 4.24. The summed E-state index contributed by atoms with van der Waals surface area (Å²) < 4.78 is 0. The van der Waals surface area contributed by atoms with Crippen LogP contribution < -0.4 is 5.32 Å². The molecule has 1 N–H and O–H groups in total. The van der Waals surface area contributed by atoms with Gasteiger partial charge in [-0.2, -0.15) is 0 Å². The van der Waals surface area contributed by atoms with Gasteiger partial charge in [-0.3, -0.25) is 0 Å². The Bertz CT molecular complexity index is 545. The van der Waals surface area contributed by atoms with Crippen molar-refractivity contribution in [3.63, 3.8) is 0 Å². The van der Waals surface area contributed by atoms with Crippen molar-refractivity contribution in [3.05, 3.63) is 40.4 Å². The molecule has 1 aliphatic heterocycles. The van der Waals surface area contributed by atoms with Crippen molar-refractivity contribution in [2.45, 2.75) is 32.9 Å². The largest absolute Gasteiger partial charge is 0.309 e. The number of fused-ring (bicyclic) bond motifs is 1. The highest BCUT2D eigenvalue weighted by molar-refractivity contribution is 7.15. The van der Waals surface area contributed by atoms with E-state index in [9.17, 15) is 0 Å². The highest BCUT2D eigenvalue weighted by Crippen LogP contribution is 2.32. The topological polar surface area (TPSA) is 24.9 Å². The Morgan fingerprint density at radius 2 is 2.18 bits per heavy atom. The summed E-state index contributed by atoms with van der Waals surface area (Å²) >= 11 is 1.83. The van der Waals surface area contributed by atoms with Crippen LogP contribution in [0.15, 0.2) is 24.3 Å². The molecule has 1 aromatic heterocycles. The Labute approximate surface area is 106 Å². The van der Waals surface area contributed by atoms with Crippen molar-refractivity contribution in [3.8, 4) is 10.6 Å². The molecule has 1 unspecified atom stereocenters. The lowest BCUT2D eigenvalue weighted by molar-refractivity contribution is 0.513. The molecule has 88 valence electrons. The minimum atomic E-state index is 0.550. The smallest absolute Gasteiger partial charge is 0.124 e. The van der Waals surface area contributed by atoms with Gasteiger partial charge in [-0.1, -0.05) is 24.3 Å². The second-order valence-electron chi connectivity index (χ2n) is 4.69. The number of hydrogen-bond acceptors (Lipinski definition) is 3. The molecule has 0 spiro atoms. The fraction of sp³-hybridized carbons (Fsp3) is 0.357. The van der Waals surface area contributed by atoms with Crippen LogP contribution in [0.25, 0.3) is 10.6 Å². The first-order valence-electron chi connectivity index (χ1n) is 6.02. The number of nitrogens with one attached hydrogen (secondary N) is 1. The Balaban J connectivity index is 2.03. The van der Waals surface area contributed by atoms with Gasteiger partial charge in [0.2, 0.25) is 0 Å². The van der Waals surface area contributed by atoms with Gasteiger partial charge in [0.05, 0.1) is 5.69 Å². The first kappa shape index (κ1) is 10.9. The standard InChI is InChI=1S/C14H16N2S/c1-9-5-3-4-6-11(9)14-16-12-7-10(2)15-8-13(12)17-14/h3-6,10,15H,7-8H2,1-2H3. The van der Waals surface area contributed by atoms with Gasteiger partial charge in [0.1, 0.15) is 5.01 Å². The van der Waals surface area contributed by atoms with Gasteiger partial charge in [0.15, 0.2) is 0 Å². The van der Waals surface area contributed by atoms with Crippen molar-refractivity contribution < 1.29 is 0 Å². The van der Waals surface area contributed by atoms with E-state index in [0.717, 1.165) is 13.0 Å². The van der Waals surface area contributed by atoms with E-state index in [1.165, 1.54) is 26.7 Å². The average Bonchev–Trinajstić information content (AvgIpc) is 2.72. The molecular weight excluding hydrogens is 228 g/mol. The summed E-state index contributed by atoms with van der Waals surface area (Å²) in [6.45, 7) is 5.34. The van der Waals surface area contributed by atoms with Gasteiger partial charge in [0.25, 0.3) is 0 Å². The summed E-state index contributed by atoms with van der Waals surface area (Å²) in [7, 11) is 0. The molecule has 17 heavy (non-hydrogen) atoms. The monoisotopic (exact) mass is 244 g/mol. The van der Waals surface area contributed by atoms with Crippen molar-refractivity contribution in [1.82, 2.24) is 10.3 Å². The molecule has 1 atom stereocenters. The third-order valence-corrected chi connectivity index (χ3v) is 4.40. The lowest BCUT2D eigenvalue weighted by atomic mass is 10.1.